The second-order valence-electron chi connectivity index (χ2n) is 5.22. The molecule has 5 nitrogen and oxygen atoms in total. The molecule has 0 atom stereocenters. The van der Waals surface area contributed by atoms with Crippen molar-refractivity contribution in [2.75, 3.05) is 13.1 Å². The van der Waals surface area contributed by atoms with Crippen LogP contribution in [0.4, 0.5) is 0 Å². The number of carbonyl (C=O) groups is 1. The first-order chi connectivity index (χ1) is 9.13. The summed E-state index contributed by atoms with van der Waals surface area (Å²) in [5.74, 6) is -0.448. The molecule has 1 aromatic carbocycles. The number of piperidine rings is 1. The van der Waals surface area contributed by atoms with E-state index in [2.05, 4.69) is 22.2 Å². The van der Waals surface area contributed by atoms with Gasteiger partial charge in [-0.25, -0.2) is 0 Å². The molecular formula is C14H19N3O2. The first-order valence-electron chi connectivity index (χ1n) is 6.53. The monoisotopic (exact) mass is 261 g/mol. The Labute approximate surface area is 112 Å². The number of hydrogen-bond acceptors (Lipinski definition) is 4. The highest BCUT2D eigenvalue weighted by molar-refractivity contribution is 5.75. The molecule has 19 heavy (non-hydrogen) atoms. The Morgan fingerprint density at radius 2 is 1.89 bits per heavy atom. The maximum atomic E-state index is 11.0. The average molecular weight is 261 g/mol. The van der Waals surface area contributed by atoms with Gasteiger partial charge in [0.25, 0.3) is 0 Å². The van der Waals surface area contributed by atoms with Gasteiger partial charge in [0.2, 0.25) is 5.91 Å². The Hall–Kier alpha value is -1.75. The van der Waals surface area contributed by atoms with Gasteiger partial charge in [-0.1, -0.05) is 35.5 Å². The lowest BCUT2D eigenvalue weighted by Crippen LogP contribution is -2.44. The number of amides is 1. The van der Waals surface area contributed by atoms with Crippen LogP contribution in [0.15, 0.2) is 35.5 Å². The molecule has 0 bridgehead atoms. The fourth-order valence-corrected chi connectivity index (χ4v) is 2.59. The molecule has 2 rings (SSSR count). The smallest absolute Gasteiger partial charge is 0.219 e. The van der Waals surface area contributed by atoms with Crippen molar-refractivity contribution in [3.05, 3.63) is 40.8 Å². The SMILES string of the molecule is NC(=O)CC1(N=O)CCN(Cc2ccccc2)CC1. The molecule has 1 amide bonds. The molecule has 1 heterocycles. The number of hydrogen-bond donors (Lipinski definition) is 1. The zero-order valence-corrected chi connectivity index (χ0v) is 10.9. The quantitative estimate of drug-likeness (QED) is 0.819. The summed E-state index contributed by atoms with van der Waals surface area (Å²) in [6, 6.07) is 10.2. The molecule has 0 radical (unpaired) electrons. The van der Waals surface area contributed by atoms with Gasteiger partial charge in [0.15, 0.2) is 0 Å². The van der Waals surface area contributed by atoms with E-state index in [9.17, 15) is 9.70 Å². The largest absolute Gasteiger partial charge is 0.370 e. The van der Waals surface area contributed by atoms with Gasteiger partial charge in [-0.05, 0) is 18.4 Å². The van der Waals surface area contributed by atoms with E-state index < -0.39 is 11.4 Å². The predicted octanol–water partition coefficient (Wildman–Crippen LogP) is 1.66. The molecule has 1 fully saturated rings. The minimum Gasteiger partial charge on any atom is -0.370 e. The lowest BCUT2D eigenvalue weighted by molar-refractivity contribution is -0.119. The number of benzene rings is 1. The molecular weight excluding hydrogens is 242 g/mol. The minimum absolute atomic E-state index is 0.0652. The number of nitroso groups, excluding NO2 is 1. The maximum absolute atomic E-state index is 11.0. The van der Waals surface area contributed by atoms with Gasteiger partial charge in [0, 0.05) is 19.6 Å². The van der Waals surface area contributed by atoms with Crippen LogP contribution < -0.4 is 5.73 Å². The first-order valence-corrected chi connectivity index (χ1v) is 6.53. The van der Waals surface area contributed by atoms with Gasteiger partial charge in [-0.3, -0.25) is 9.69 Å². The number of nitrogens with zero attached hydrogens (tertiary/aromatic N) is 2. The Morgan fingerprint density at radius 1 is 1.26 bits per heavy atom. The van der Waals surface area contributed by atoms with E-state index in [0.29, 0.717) is 12.8 Å². The Morgan fingerprint density at radius 3 is 2.42 bits per heavy atom. The summed E-state index contributed by atoms with van der Waals surface area (Å²) in [5, 5.41) is 3.18. The standard InChI is InChI=1S/C14H19N3O2/c15-13(18)10-14(16-19)6-8-17(9-7-14)11-12-4-2-1-3-5-12/h1-5H,6-11H2,(H2,15,18). The van der Waals surface area contributed by atoms with Crippen LogP contribution >= 0.6 is 0 Å². The highest BCUT2D eigenvalue weighted by Crippen LogP contribution is 2.30. The van der Waals surface area contributed by atoms with Gasteiger partial charge in [0.05, 0.1) is 6.42 Å². The van der Waals surface area contributed by atoms with E-state index in [1.54, 1.807) is 0 Å². The third-order valence-corrected chi connectivity index (χ3v) is 3.73. The van der Waals surface area contributed by atoms with E-state index in [1.165, 1.54) is 5.56 Å². The molecule has 0 aliphatic carbocycles. The molecule has 0 aromatic heterocycles. The summed E-state index contributed by atoms with van der Waals surface area (Å²) >= 11 is 0. The van der Waals surface area contributed by atoms with Gasteiger partial charge in [0.1, 0.15) is 5.54 Å². The summed E-state index contributed by atoms with van der Waals surface area (Å²) in [6.45, 7) is 2.41. The van der Waals surface area contributed by atoms with Gasteiger partial charge in [-0.2, -0.15) is 4.91 Å². The summed E-state index contributed by atoms with van der Waals surface area (Å²) < 4.78 is 0. The number of rotatable bonds is 5. The predicted molar refractivity (Wildman–Crippen MR) is 73.3 cm³/mol. The topological polar surface area (TPSA) is 75.8 Å². The van der Waals surface area contributed by atoms with Crippen molar-refractivity contribution in [2.45, 2.75) is 31.3 Å². The first kappa shape index (κ1) is 13.7. The summed E-state index contributed by atoms with van der Waals surface area (Å²) in [7, 11) is 0. The van der Waals surface area contributed by atoms with Crippen LogP contribution in [0.1, 0.15) is 24.8 Å². The van der Waals surface area contributed by atoms with Crippen LogP contribution in [0.5, 0.6) is 0 Å². The summed E-state index contributed by atoms with van der Waals surface area (Å²) in [6.07, 6.45) is 1.27. The fourth-order valence-electron chi connectivity index (χ4n) is 2.59. The Bertz CT molecular complexity index is 439. The molecule has 1 aliphatic rings. The number of nitrogens with two attached hydrogens (primary N) is 1. The van der Waals surface area contributed by atoms with Crippen LogP contribution in [0.2, 0.25) is 0 Å². The Balaban J connectivity index is 1.91. The van der Waals surface area contributed by atoms with E-state index >= 15 is 0 Å². The minimum atomic E-state index is -0.779. The van der Waals surface area contributed by atoms with E-state index in [1.807, 2.05) is 18.2 Å². The molecule has 0 unspecified atom stereocenters. The molecule has 5 heteroatoms. The van der Waals surface area contributed by atoms with Crippen molar-refractivity contribution < 1.29 is 4.79 Å². The molecule has 0 saturated carbocycles. The van der Waals surface area contributed by atoms with Crippen molar-refractivity contribution in [3.63, 3.8) is 0 Å². The van der Waals surface area contributed by atoms with Crippen LogP contribution in [0.25, 0.3) is 0 Å². The van der Waals surface area contributed by atoms with Crippen LogP contribution in [-0.4, -0.2) is 29.4 Å². The molecule has 0 spiro atoms. The average Bonchev–Trinajstić information content (AvgIpc) is 2.42. The van der Waals surface area contributed by atoms with Crippen molar-refractivity contribution >= 4 is 5.91 Å². The molecule has 1 aromatic rings. The fraction of sp³-hybridized carbons (Fsp3) is 0.500. The highest BCUT2D eigenvalue weighted by atomic mass is 16.3. The van der Waals surface area contributed by atoms with Crippen LogP contribution in [0.3, 0.4) is 0 Å². The van der Waals surface area contributed by atoms with Crippen molar-refractivity contribution in [1.82, 2.24) is 4.90 Å². The van der Waals surface area contributed by atoms with Crippen molar-refractivity contribution in [2.24, 2.45) is 10.9 Å². The van der Waals surface area contributed by atoms with Gasteiger partial charge >= 0.3 is 0 Å². The zero-order chi connectivity index (χ0) is 13.7. The van der Waals surface area contributed by atoms with E-state index in [0.717, 1.165) is 19.6 Å². The van der Waals surface area contributed by atoms with Crippen LogP contribution in [0, 0.1) is 4.91 Å². The highest BCUT2D eigenvalue weighted by Gasteiger charge is 2.37. The zero-order valence-electron chi connectivity index (χ0n) is 10.9. The lowest BCUT2D eigenvalue weighted by Gasteiger charge is -2.36. The maximum Gasteiger partial charge on any atom is 0.219 e. The lowest BCUT2D eigenvalue weighted by atomic mass is 9.85. The van der Waals surface area contributed by atoms with Crippen molar-refractivity contribution in [1.29, 1.82) is 0 Å². The van der Waals surface area contributed by atoms with E-state index in [-0.39, 0.29) is 6.42 Å². The second kappa shape index (κ2) is 5.93. The normalized spacial score (nSPS) is 18.9. The third-order valence-electron chi connectivity index (χ3n) is 3.73. The van der Waals surface area contributed by atoms with Gasteiger partial charge < -0.3 is 5.73 Å². The van der Waals surface area contributed by atoms with Crippen molar-refractivity contribution in [3.8, 4) is 0 Å². The molecule has 1 saturated heterocycles. The van der Waals surface area contributed by atoms with E-state index in [4.69, 9.17) is 5.73 Å². The third kappa shape index (κ3) is 3.61. The van der Waals surface area contributed by atoms with Gasteiger partial charge in [-0.15, -0.1) is 0 Å². The Kier molecular flexibility index (Phi) is 4.27. The molecule has 102 valence electrons. The number of primary amides is 1. The number of carbonyl (C=O) groups excluding carboxylic acids is 1. The summed E-state index contributed by atoms with van der Waals surface area (Å²) in [5.41, 5.74) is 5.67. The second-order valence-corrected chi connectivity index (χ2v) is 5.22. The summed E-state index contributed by atoms with van der Waals surface area (Å²) in [4.78, 5) is 24.3. The number of likely N-dealkylation sites (tertiary alicyclic amines) is 1. The molecule has 2 N–H and O–H groups in total. The van der Waals surface area contributed by atoms with Crippen LogP contribution in [-0.2, 0) is 11.3 Å². The molecule has 1 aliphatic heterocycles.